The van der Waals surface area contributed by atoms with Crippen LogP contribution in [0, 0.1) is 0 Å². The Kier molecular flexibility index (Phi) is 5.18. The van der Waals surface area contributed by atoms with Gasteiger partial charge in [0.05, 0.1) is 18.8 Å². The molecule has 1 atom stereocenters. The van der Waals surface area contributed by atoms with Crippen molar-refractivity contribution in [1.82, 2.24) is 15.1 Å². The molecular formula is C16H23N3O. The molecule has 1 unspecified atom stereocenters. The van der Waals surface area contributed by atoms with Gasteiger partial charge in [-0.3, -0.25) is 4.68 Å². The monoisotopic (exact) mass is 273 g/mol. The Balaban J connectivity index is 2.22. The number of aromatic nitrogens is 2. The van der Waals surface area contributed by atoms with Gasteiger partial charge in [0.1, 0.15) is 5.75 Å². The van der Waals surface area contributed by atoms with Gasteiger partial charge in [-0.2, -0.15) is 5.10 Å². The first kappa shape index (κ1) is 14.6. The summed E-state index contributed by atoms with van der Waals surface area (Å²) < 4.78 is 7.52. The summed E-state index contributed by atoms with van der Waals surface area (Å²) in [6.07, 6.45) is 3.84. The summed E-state index contributed by atoms with van der Waals surface area (Å²) in [5.41, 5.74) is 2.43. The molecule has 0 aliphatic rings. The summed E-state index contributed by atoms with van der Waals surface area (Å²) in [6, 6.07) is 10.5. The van der Waals surface area contributed by atoms with E-state index in [1.807, 2.05) is 31.4 Å². The van der Waals surface area contributed by atoms with E-state index in [1.54, 1.807) is 7.11 Å². The van der Waals surface area contributed by atoms with Gasteiger partial charge in [-0.05, 0) is 37.6 Å². The first-order valence-electron chi connectivity index (χ1n) is 7.11. The molecule has 0 aliphatic carbocycles. The zero-order valence-electron chi connectivity index (χ0n) is 12.5. The van der Waals surface area contributed by atoms with Crippen LogP contribution in [-0.2, 0) is 13.0 Å². The third-order valence-electron chi connectivity index (χ3n) is 3.51. The molecule has 1 N–H and O–H groups in total. The number of hydrogen-bond donors (Lipinski definition) is 1. The van der Waals surface area contributed by atoms with Gasteiger partial charge in [0.25, 0.3) is 0 Å². The van der Waals surface area contributed by atoms with E-state index in [4.69, 9.17) is 4.74 Å². The molecule has 2 rings (SSSR count). The average Bonchev–Trinajstić information content (AvgIpc) is 2.93. The lowest BCUT2D eigenvalue weighted by Gasteiger charge is -2.19. The third kappa shape index (κ3) is 3.20. The van der Waals surface area contributed by atoms with E-state index in [9.17, 15) is 0 Å². The Morgan fingerprint density at radius 1 is 1.30 bits per heavy atom. The highest BCUT2D eigenvalue weighted by atomic mass is 16.5. The third-order valence-corrected chi connectivity index (χ3v) is 3.51. The number of benzene rings is 1. The van der Waals surface area contributed by atoms with Crippen molar-refractivity contribution in [2.75, 3.05) is 14.2 Å². The van der Waals surface area contributed by atoms with Crippen LogP contribution in [0.4, 0.5) is 0 Å². The smallest absolute Gasteiger partial charge is 0.122 e. The number of likely N-dealkylation sites (N-methyl/N-ethyl adjacent to an activating group) is 1. The molecule has 0 bridgehead atoms. The minimum absolute atomic E-state index is 0.236. The number of para-hydroxylation sites is 1. The second kappa shape index (κ2) is 7.10. The molecular weight excluding hydrogens is 250 g/mol. The minimum atomic E-state index is 0.236. The van der Waals surface area contributed by atoms with Gasteiger partial charge >= 0.3 is 0 Å². The van der Waals surface area contributed by atoms with Gasteiger partial charge < -0.3 is 10.1 Å². The zero-order valence-corrected chi connectivity index (χ0v) is 12.5. The van der Waals surface area contributed by atoms with Crippen LogP contribution in [-0.4, -0.2) is 23.9 Å². The van der Waals surface area contributed by atoms with E-state index in [2.05, 4.69) is 34.2 Å². The summed E-state index contributed by atoms with van der Waals surface area (Å²) in [6.45, 7) is 3.12. The summed E-state index contributed by atoms with van der Waals surface area (Å²) >= 11 is 0. The molecule has 0 amide bonds. The Morgan fingerprint density at radius 3 is 2.80 bits per heavy atom. The number of aryl methyl sites for hydroxylation is 1. The van der Waals surface area contributed by atoms with Crippen molar-refractivity contribution in [3.05, 3.63) is 47.8 Å². The number of methoxy groups -OCH3 is 1. The summed E-state index contributed by atoms with van der Waals surface area (Å²) in [7, 11) is 3.71. The molecule has 2 aromatic rings. The number of ether oxygens (including phenoxy) is 1. The van der Waals surface area contributed by atoms with Crippen molar-refractivity contribution in [2.24, 2.45) is 0 Å². The maximum absolute atomic E-state index is 5.44. The lowest BCUT2D eigenvalue weighted by atomic mass is 10.0. The number of nitrogens with one attached hydrogen (secondary N) is 1. The van der Waals surface area contributed by atoms with Gasteiger partial charge in [0.2, 0.25) is 0 Å². The largest absolute Gasteiger partial charge is 0.496 e. The van der Waals surface area contributed by atoms with Crippen LogP contribution in [0.5, 0.6) is 5.75 Å². The van der Waals surface area contributed by atoms with Gasteiger partial charge in [-0.15, -0.1) is 0 Å². The fraction of sp³-hybridized carbons (Fsp3) is 0.438. The molecule has 0 fully saturated rings. The molecule has 1 aromatic carbocycles. The molecule has 20 heavy (non-hydrogen) atoms. The van der Waals surface area contributed by atoms with Gasteiger partial charge in [-0.25, -0.2) is 0 Å². The zero-order chi connectivity index (χ0) is 14.4. The summed E-state index contributed by atoms with van der Waals surface area (Å²) in [5.74, 6) is 0.939. The minimum Gasteiger partial charge on any atom is -0.496 e. The average molecular weight is 273 g/mol. The molecule has 1 aromatic heterocycles. The Hall–Kier alpha value is -1.81. The van der Waals surface area contributed by atoms with Gasteiger partial charge in [-0.1, -0.05) is 25.1 Å². The fourth-order valence-corrected chi connectivity index (χ4v) is 2.48. The highest BCUT2D eigenvalue weighted by Crippen LogP contribution is 2.24. The SMILES string of the molecule is CCCn1nccc1C(Cc1ccccc1OC)NC. The van der Waals surface area contributed by atoms with Crippen LogP contribution in [0.1, 0.15) is 30.6 Å². The molecule has 4 heteroatoms. The molecule has 4 nitrogen and oxygen atoms in total. The van der Waals surface area contributed by atoms with Crippen molar-refractivity contribution in [2.45, 2.75) is 32.4 Å². The molecule has 0 radical (unpaired) electrons. The second-order valence-corrected chi connectivity index (χ2v) is 4.84. The lowest BCUT2D eigenvalue weighted by molar-refractivity contribution is 0.404. The van der Waals surface area contributed by atoms with Crippen molar-refractivity contribution >= 4 is 0 Å². The lowest BCUT2D eigenvalue weighted by Crippen LogP contribution is -2.22. The van der Waals surface area contributed by atoms with Gasteiger partial charge in [0, 0.05) is 12.7 Å². The molecule has 0 saturated heterocycles. The second-order valence-electron chi connectivity index (χ2n) is 4.84. The van der Waals surface area contributed by atoms with Crippen LogP contribution < -0.4 is 10.1 Å². The maximum Gasteiger partial charge on any atom is 0.122 e. The standard InChI is InChI=1S/C16H23N3O/c1-4-11-19-15(9-10-18-19)14(17-2)12-13-7-5-6-8-16(13)20-3/h5-10,14,17H,4,11-12H2,1-3H3. The van der Waals surface area contributed by atoms with E-state index in [0.29, 0.717) is 0 Å². The van der Waals surface area contributed by atoms with Crippen molar-refractivity contribution in [3.63, 3.8) is 0 Å². The predicted octanol–water partition coefficient (Wildman–Crippen LogP) is 2.80. The van der Waals surface area contributed by atoms with E-state index in [1.165, 1.54) is 11.3 Å². The normalized spacial score (nSPS) is 12.3. The number of nitrogens with zero attached hydrogens (tertiary/aromatic N) is 2. The molecule has 1 heterocycles. The quantitative estimate of drug-likeness (QED) is 0.843. The molecule has 0 aliphatic heterocycles. The number of hydrogen-bond acceptors (Lipinski definition) is 3. The summed E-state index contributed by atoms with van der Waals surface area (Å²) in [5, 5.41) is 7.79. The first-order valence-corrected chi connectivity index (χ1v) is 7.11. The molecule has 108 valence electrons. The van der Waals surface area contributed by atoms with Crippen molar-refractivity contribution < 1.29 is 4.74 Å². The van der Waals surface area contributed by atoms with E-state index < -0.39 is 0 Å². The highest BCUT2D eigenvalue weighted by molar-refractivity contribution is 5.34. The van der Waals surface area contributed by atoms with E-state index >= 15 is 0 Å². The van der Waals surface area contributed by atoms with Crippen molar-refractivity contribution in [3.8, 4) is 5.75 Å². The highest BCUT2D eigenvalue weighted by Gasteiger charge is 2.16. The van der Waals surface area contributed by atoms with Crippen molar-refractivity contribution in [1.29, 1.82) is 0 Å². The Morgan fingerprint density at radius 2 is 2.10 bits per heavy atom. The van der Waals surface area contributed by atoms with E-state index in [-0.39, 0.29) is 6.04 Å². The Labute approximate surface area is 120 Å². The van der Waals surface area contributed by atoms with E-state index in [0.717, 1.165) is 25.1 Å². The summed E-state index contributed by atoms with van der Waals surface area (Å²) in [4.78, 5) is 0. The predicted molar refractivity (Wildman–Crippen MR) is 81.0 cm³/mol. The topological polar surface area (TPSA) is 39.1 Å². The number of rotatable bonds is 7. The van der Waals surface area contributed by atoms with Crippen LogP contribution in [0.25, 0.3) is 0 Å². The molecule has 0 spiro atoms. The first-order chi connectivity index (χ1) is 9.80. The van der Waals surface area contributed by atoms with Crippen LogP contribution in [0.2, 0.25) is 0 Å². The van der Waals surface area contributed by atoms with Crippen LogP contribution in [0.3, 0.4) is 0 Å². The van der Waals surface area contributed by atoms with Crippen LogP contribution >= 0.6 is 0 Å². The Bertz CT molecular complexity index is 536. The van der Waals surface area contributed by atoms with Crippen LogP contribution in [0.15, 0.2) is 36.5 Å². The fourth-order valence-electron chi connectivity index (χ4n) is 2.48. The molecule has 0 saturated carbocycles. The van der Waals surface area contributed by atoms with Gasteiger partial charge in [0.15, 0.2) is 0 Å². The maximum atomic E-state index is 5.44.